The molecule has 2 aliphatic rings. The third kappa shape index (κ3) is 3.16. The van der Waals surface area contributed by atoms with E-state index in [1.54, 1.807) is 0 Å². The second-order valence-corrected chi connectivity index (χ2v) is 6.07. The Bertz CT molecular complexity index is 1080. The number of nitro groups is 2. The van der Waals surface area contributed by atoms with Gasteiger partial charge in [-0.3, -0.25) is 25.0 Å². The van der Waals surface area contributed by atoms with Crippen molar-refractivity contribution >= 4 is 23.2 Å². The van der Waals surface area contributed by atoms with Gasteiger partial charge >= 0.3 is 0 Å². The predicted molar refractivity (Wildman–Crippen MR) is 95.2 cm³/mol. The van der Waals surface area contributed by atoms with E-state index in [4.69, 9.17) is 14.2 Å². The van der Waals surface area contributed by atoms with Crippen molar-refractivity contribution in [2.45, 2.75) is 13.2 Å². The number of non-ortho nitro benzene ring substituents is 1. The van der Waals surface area contributed by atoms with Crippen LogP contribution in [0.25, 0.3) is 0 Å². The summed E-state index contributed by atoms with van der Waals surface area (Å²) >= 11 is 0. The Hall–Kier alpha value is -4.22. The van der Waals surface area contributed by atoms with Gasteiger partial charge in [-0.15, -0.1) is 5.10 Å². The van der Waals surface area contributed by atoms with Crippen molar-refractivity contribution in [1.82, 2.24) is 5.01 Å². The molecule has 0 aliphatic carbocycles. The van der Waals surface area contributed by atoms with Crippen molar-refractivity contribution in [2.75, 3.05) is 6.79 Å². The number of nitrogens with zero attached hydrogens (tertiary/aromatic N) is 4. The molecule has 1 amide bonds. The van der Waals surface area contributed by atoms with Gasteiger partial charge in [-0.1, -0.05) is 6.07 Å². The second kappa shape index (κ2) is 6.74. The quantitative estimate of drug-likeness (QED) is 0.562. The minimum absolute atomic E-state index is 0.0265. The number of benzene rings is 2. The van der Waals surface area contributed by atoms with Gasteiger partial charge in [0.05, 0.1) is 21.5 Å². The molecule has 0 spiro atoms. The molecule has 148 valence electrons. The molecule has 0 bridgehead atoms. The van der Waals surface area contributed by atoms with Gasteiger partial charge < -0.3 is 14.2 Å². The van der Waals surface area contributed by atoms with E-state index < -0.39 is 22.0 Å². The average molecular weight is 400 g/mol. The first-order valence-corrected chi connectivity index (χ1v) is 8.23. The molecular weight excluding hydrogens is 388 g/mol. The highest BCUT2D eigenvalue weighted by molar-refractivity contribution is 5.97. The smallest absolute Gasteiger partial charge is 0.282 e. The van der Waals surface area contributed by atoms with Gasteiger partial charge in [0.2, 0.25) is 24.8 Å². The van der Waals surface area contributed by atoms with E-state index in [1.165, 1.54) is 43.3 Å². The van der Waals surface area contributed by atoms with Gasteiger partial charge in [-0.05, 0) is 6.07 Å². The van der Waals surface area contributed by atoms with E-state index in [2.05, 4.69) is 5.10 Å². The molecule has 0 saturated carbocycles. The zero-order valence-electron chi connectivity index (χ0n) is 14.8. The number of amides is 1. The zero-order chi connectivity index (χ0) is 20.7. The molecule has 2 aromatic rings. The molecule has 2 aromatic carbocycles. The number of hydrazone groups is 1. The summed E-state index contributed by atoms with van der Waals surface area (Å²) < 4.78 is 16.2. The molecule has 2 heterocycles. The van der Waals surface area contributed by atoms with Crippen LogP contribution < -0.4 is 9.47 Å². The summed E-state index contributed by atoms with van der Waals surface area (Å²) in [6.07, 6.45) is -1.25. The van der Waals surface area contributed by atoms with Crippen molar-refractivity contribution in [3.8, 4) is 11.5 Å². The number of fused-ring (bicyclic) bond motifs is 1. The normalized spacial score (nSPS) is 16.9. The molecular formula is C17H12N4O8. The summed E-state index contributed by atoms with van der Waals surface area (Å²) in [4.78, 5) is 33.5. The van der Waals surface area contributed by atoms with Crippen molar-refractivity contribution < 1.29 is 28.9 Å². The Balaban J connectivity index is 1.77. The van der Waals surface area contributed by atoms with Crippen LogP contribution in [0.2, 0.25) is 0 Å². The van der Waals surface area contributed by atoms with Gasteiger partial charge in [0.1, 0.15) is 0 Å². The first kappa shape index (κ1) is 18.2. The van der Waals surface area contributed by atoms with Crippen LogP contribution in [-0.2, 0) is 9.53 Å². The van der Waals surface area contributed by atoms with Crippen molar-refractivity contribution in [2.24, 2.45) is 5.10 Å². The topological polar surface area (TPSA) is 147 Å². The van der Waals surface area contributed by atoms with E-state index >= 15 is 0 Å². The monoisotopic (exact) mass is 400 g/mol. The molecule has 0 aromatic heterocycles. The molecule has 0 N–H and O–H groups in total. The summed E-state index contributed by atoms with van der Waals surface area (Å²) in [5.74, 6) is -0.155. The summed E-state index contributed by atoms with van der Waals surface area (Å²) in [5, 5.41) is 27.6. The highest BCUT2D eigenvalue weighted by Gasteiger charge is 2.39. The second-order valence-electron chi connectivity index (χ2n) is 6.07. The van der Waals surface area contributed by atoms with Crippen LogP contribution >= 0.6 is 0 Å². The number of rotatable bonds is 4. The standard InChI is InChI=1S/C17H12N4O8/c1-9(22)19-17(12-6-14-15(28-8-27-14)7-13(12)21(25)26)29-16(18-19)10-3-2-4-11(5-10)20(23)24/h2-7,17H,8H2,1H3/t17-/m0/s1. The minimum atomic E-state index is -1.25. The molecule has 12 heteroatoms. The van der Waals surface area contributed by atoms with Crippen LogP contribution in [0, 0.1) is 20.2 Å². The van der Waals surface area contributed by atoms with Gasteiger partial charge in [0, 0.05) is 30.7 Å². The maximum absolute atomic E-state index is 12.1. The summed E-state index contributed by atoms with van der Waals surface area (Å²) in [6.45, 7) is 1.13. The fraction of sp³-hybridized carbons (Fsp3) is 0.176. The lowest BCUT2D eigenvalue weighted by Crippen LogP contribution is -2.25. The Morgan fingerprint density at radius 3 is 2.52 bits per heavy atom. The maximum Gasteiger partial charge on any atom is 0.282 e. The number of hydrogen-bond acceptors (Lipinski definition) is 9. The van der Waals surface area contributed by atoms with E-state index in [0.717, 1.165) is 5.01 Å². The molecule has 2 aliphatic heterocycles. The first-order chi connectivity index (χ1) is 13.8. The molecule has 4 rings (SSSR count). The highest BCUT2D eigenvalue weighted by Crippen LogP contribution is 2.43. The summed E-state index contributed by atoms with van der Waals surface area (Å²) in [7, 11) is 0. The van der Waals surface area contributed by atoms with E-state index in [-0.39, 0.29) is 46.7 Å². The third-order valence-corrected chi connectivity index (χ3v) is 4.26. The number of hydrogen-bond donors (Lipinski definition) is 0. The molecule has 12 nitrogen and oxygen atoms in total. The number of carbonyl (C=O) groups excluding carboxylic acids is 1. The fourth-order valence-electron chi connectivity index (χ4n) is 2.94. The zero-order valence-corrected chi connectivity index (χ0v) is 14.8. The van der Waals surface area contributed by atoms with Crippen LogP contribution in [0.4, 0.5) is 11.4 Å². The van der Waals surface area contributed by atoms with E-state index in [1.807, 2.05) is 0 Å². The van der Waals surface area contributed by atoms with Crippen LogP contribution in [0.15, 0.2) is 41.5 Å². The van der Waals surface area contributed by atoms with Gasteiger partial charge in [0.15, 0.2) is 11.5 Å². The van der Waals surface area contributed by atoms with Crippen molar-refractivity contribution in [1.29, 1.82) is 0 Å². The van der Waals surface area contributed by atoms with Crippen molar-refractivity contribution in [3.63, 3.8) is 0 Å². The molecule has 0 saturated heterocycles. The summed E-state index contributed by atoms with van der Waals surface area (Å²) in [6, 6.07) is 8.02. The maximum atomic E-state index is 12.1. The van der Waals surface area contributed by atoms with Crippen LogP contribution in [0.3, 0.4) is 0 Å². The Morgan fingerprint density at radius 1 is 1.14 bits per heavy atom. The van der Waals surface area contributed by atoms with Crippen LogP contribution in [0.5, 0.6) is 11.5 Å². The van der Waals surface area contributed by atoms with Crippen molar-refractivity contribution in [3.05, 3.63) is 67.8 Å². The average Bonchev–Trinajstić information content (AvgIpc) is 3.33. The molecule has 1 atom stereocenters. The van der Waals surface area contributed by atoms with Crippen LogP contribution in [-0.4, -0.2) is 33.5 Å². The Morgan fingerprint density at radius 2 is 1.86 bits per heavy atom. The molecule has 0 fully saturated rings. The lowest BCUT2D eigenvalue weighted by molar-refractivity contribution is -0.386. The minimum Gasteiger partial charge on any atom is -0.454 e. The number of nitro benzene ring substituents is 2. The Labute approximate surface area is 162 Å². The number of ether oxygens (including phenoxy) is 3. The molecule has 0 unspecified atom stereocenters. The highest BCUT2D eigenvalue weighted by atomic mass is 16.7. The Kier molecular flexibility index (Phi) is 4.22. The lowest BCUT2D eigenvalue weighted by Gasteiger charge is -2.19. The summed E-state index contributed by atoms with van der Waals surface area (Å²) in [5.41, 5.74) is -0.267. The number of carbonyl (C=O) groups is 1. The van der Waals surface area contributed by atoms with Gasteiger partial charge in [-0.25, -0.2) is 0 Å². The van der Waals surface area contributed by atoms with Gasteiger partial charge in [0.25, 0.3) is 11.4 Å². The predicted octanol–water partition coefficient (Wildman–Crippen LogP) is 2.47. The molecule has 29 heavy (non-hydrogen) atoms. The van der Waals surface area contributed by atoms with E-state index in [9.17, 15) is 25.0 Å². The lowest BCUT2D eigenvalue weighted by atomic mass is 10.1. The first-order valence-electron chi connectivity index (χ1n) is 8.23. The largest absolute Gasteiger partial charge is 0.454 e. The SMILES string of the molecule is CC(=O)N1N=C(c2cccc([N+](=O)[O-])c2)O[C@H]1c1cc2c(cc1[N+](=O)[O-])OCO2. The van der Waals surface area contributed by atoms with E-state index in [0.29, 0.717) is 0 Å². The van der Waals surface area contributed by atoms with Gasteiger partial charge in [-0.2, -0.15) is 5.01 Å². The molecule has 0 radical (unpaired) electrons. The fourth-order valence-corrected chi connectivity index (χ4v) is 2.94. The van der Waals surface area contributed by atoms with Crippen LogP contribution in [0.1, 0.15) is 24.3 Å². The third-order valence-electron chi connectivity index (χ3n) is 4.26.